The minimum absolute atomic E-state index is 0.254. The van der Waals surface area contributed by atoms with Crippen LogP contribution in [0.3, 0.4) is 0 Å². The molecular weight excluding hydrogens is 170 g/mol. The van der Waals surface area contributed by atoms with Crippen molar-refractivity contribution in [1.82, 2.24) is 0 Å². The monoisotopic (exact) mass is 187 g/mol. The molecule has 0 aliphatic carbocycles. The average Bonchev–Trinajstić information content (AvgIpc) is 2.16. The molecule has 1 aliphatic heterocycles. The van der Waals surface area contributed by atoms with Crippen molar-refractivity contribution >= 4 is 6.21 Å². The molecule has 0 radical (unpaired) electrons. The van der Waals surface area contributed by atoms with E-state index in [1.165, 1.54) is 16.7 Å². The maximum Gasteiger partial charge on any atom is 0.0638 e. The molecule has 1 aromatic carbocycles. The van der Waals surface area contributed by atoms with Crippen LogP contribution in [0.1, 0.15) is 37.5 Å². The van der Waals surface area contributed by atoms with Gasteiger partial charge in [0.15, 0.2) is 0 Å². The molecule has 0 saturated carbocycles. The lowest BCUT2D eigenvalue weighted by Crippen LogP contribution is -2.13. The molecule has 1 heteroatoms. The van der Waals surface area contributed by atoms with E-state index in [4.69, 9.17) is 0 Å². The van der Waals surface area contributed by atoms with Crippen LogP contribution in [0, 0.1) is 0 Å². The molecule has 0 unspecified atom stereocenters. The summed E-state index contributed by atoms with van der Waals surface area (Å²) in [6.45, 7) is 7.63. The Kier molecular flexibility index (Phi) is 2.18. The van der Waals surface area contributed by atoms with Gasteiger partial charge in [-0.3, -0.25) is 4.99 Å². The van der Waals surface area contributed by atoms with Gasteiger partial charge in [-0.1, -0.05) is 39.0 Å². The van der Waals surface area contributed by atoms with E-state index in [1.807, 2.05) is 6.21 Å². The van der Waals surface area contributed by atoms with Gasteiger partial charge in [-0.2, -0.15) is 0 Å². The van der Waals surface area contributed by atoms with E-state index in [0.29, 0.717) is 0 Å². The lowest BCUT2D eigenvalue weighted by Gasteiger charge is -2.21. The van der Waals surface area contributed by atoms with Crippen LogP contribution in [0.15, 0.2) is 23.2 Å². The second kappa shape index (κ2) is 3.23. The maximum absolute atomic E-state index is 4.29. The van der Waals surface area contributed by atoms with Gasteiger partial charge in [-0.15, -0.1) is 0 Å². The summed E-state index contributed by atoms with van der Waals surface area (Å²) in [5.41, 5.74) is 4.52. The van der Waals surface area contributed by atoms with Crippen LogP contribution < -0.4 is 0 Å². The second-order valence-corrected chi connectivity index (χ2v) is 4.96. The normalized spacial score (nSPS) is 15.4. The van der Waals surface area contributed by atoms with Gasteiger partial charge in [-0.25, -0.2) is 0 Å². The number of aliphatic imine (C=N–C) groups is 1. The molecule has 0 spiro atoms. The summed E-state index contributed by atoms with van der Waals surface area (Å²) in [7, 11) is 0. The lowest BCUT2D eigenvalue weighted by molar-refractivity contribution is 0.589. The Balaban J connectivity index is 2.41. The third-order valence-corrected chi connectivity index (χ3v) is 2.77. The van der Waals surface area contributed by atoms with E-state index in [-0.39, 0.29) is 5.41 Å². The summed E-state index contributed by atoms with van der Waals surface area (Å²) in [4.78, 5) is 4.29. The van der Waals surface area contributed by atoms with Gasteiger partial charge in [0, 0.05) is 12.6 Å². The summed E-state index contributed by atoms with van der Waals surface area (Å²) >= 11 is 0. The van der Waals surface area contributed by atoms with Crippen LogP contribution in [0.25, 0.3) is 0 Å². The molecule has 1 aliphatic rings. The topological polar surface area (TPSA) is 12.4 Å². The number of hydrogen-bond acceptors (Lipinski definition) is 1. The molecule has 0 amide bonds. The van der Waals surface area contributed by atoms with Gasteiger partial charge in [0.25, 0.3) is 0 Å². The van der Waals surface area contributed by atoms with Crippen molar-refractivity contribution in [3.63, 3.8) is 0 Å². The molecule has 0 bridgehead atoms. The van der Waals surface area contributed by atoms with Crippen molar-refractivity contribution in [2.45, 2.75) is 39.2 Å². The molecule has 0 fully saturated rings. The number of nitrogens with zero attached hydrogens (tertiary/aromatic N) is 1. The lowest BCUT2D eigenvalue weighted by atomic mass is 9.84. The molecular formula is C13H17N. The van der Waals surface area contributed by atoms with E-state index >= 15 is 0 Å². The summed E-state index contributed by atoms with van der Waals surface area (Å²) < 4.78 is 0. The average molecular weight is 187 g/mol. The summed E-state index contributed by atoms with van der Waals surface area (Å²) in [5.74, 6) is 0. The van der Waals surface area contributed by atoms with Crippen molar-refractivity contribution in [3.05, 3.63) is 34.9 Å². The molecule has 0 saturated heterocycles. The molecule has 1 heterocycles. The first-order valence-electron chi connectivity index (χ1n) is 5.18. The predicted octanol–water partition coefficient (Wildman–Crippen LogP) is 3.11. The quantitative estimate of drug-likeness (QED) is 0.591. The van der Waals surface area contributed by atoms with E-state index in [0.717, 1.165) is 13.0 Å². The molecule has 1 nitrogen and oxygen atoms in total. The Morgan fingerprint density at radius 2 is 1.93 bits per heavy atom. The van der Waals surface area contributed by atoms with Crippen molar-refractivity contribution in [3.8, 4) is 0 Å². The fraction of sp³-hybridized carbons (Fsp3) is 0.462. The number of hydrogen-bond donors (Lipinski definition) is 0. The molecule has 74 valence electrons. The molecule has 0 aromatic heterocycles. The van der Waals surface area contributed by atoms with Crippen molar-refractivity contribution < 1.29 is 0 Å². The van der Waals surface area contributed by atoms with E-state index in [1.54, 1.807) is 0 Å². The smallest absolute Gasteiger partial charge is 0.0638 e. The number of benzene rings is 1. The molecule has 14 heavy (non-hydrogen) atoms. The Hall–Kier alpha value is -1.11. The minimum atomic E-state index is 0.254. The molecule has 0 N–H and O–H groups in total. The van der Waals surface area contributed by atoms with E-state index in [2.05, 4.69) is 44.0 Å². The van der Waals surface area contributed by atoms with Crippen molar-refractivity contribution in [1.29, 1.82) is 0 Å². The van der Waals surface area contributed by atoms with Gasteiger partial charge in [-0.05, 0) is 22.1 Å². The third-order valence-electron chi connectivity index (χ3n) is 2.77. The van der Waals surface area contributed by atoms with Crippen LogP contribution in [0.4, 0.5) is 0 Å². The van der Waals surface area contributed by atoms with Gasteiger partial charge in [0.05, 0.1) is 6.54 Å². The van der Waals surface area contributed by atoms with Crippen LogP contribution in [-0.2, 0) is 18.4 Å². The minimum Gasteiger partial charge on any atom is -0.292 e. The highest BCUT2D eigenvalue weighted by Gasteiger charge is 2.15. The molecule has 2 rings (SSSR count). The first-order valence-corrected chi connectivity index (χ1v) is 5.18. The van der Waals surface area contributed by atoms with Crippen LogP contribution in [0.2, 0.25) is 0 Å². The first kappa shape index (κ1) is 9.45. The van der Waals surface area contributed by atoms with Crippen LogP contribution >= 0.6 is 0 Å². The summed E-state index contributed by atoms with van der Waals surface area (Å²) in [6.07, 6.45) is 3.02. The predicted molar refractivity (Wildman–Crippen MR) is 61.0 cm³/mol. The van der Waals surface area contributed by atoms with Gasteiger partial charge < -0.3 is 0 Å². The summed E-state index contributed by atoms with van der Waals surface area (Å²) in [6, 6.07) is 6.80. The Bertz CT molecular complexity index is 369. The largest absolute Gasteiger partial charge is 0.292 e. The fourth-order valence-corrected chi connectivity index (χ4v) is 1.76. The van der Waals surface area contributed by atoms with Crippen LogP contribution in [0.5, 0.6) is 0 Å². The highest BCUT2D eigenvalue weighted by molar-refractivity contribution is 5.65. The zero-order chi connectivity index (χ0) is 10.2. The molecule has 1 aromatic rings. The second-order valence-electron chi connectivity index (χ2n) is 4.96. The van der Waals surface area contributed by atoms with Crippen molar-refractivity contribution in [2.75, 3.05) is 0 Å². The zero-order valence-electron chi connectivity index (χ0n) is 9.17. The third kappa shape index (κ3) is 1.72. The highest BCUT2D eigenvalue weighted by atomic mass is 14.7. The Morgan fingerprint density at radius 3 is 2.64 bits per heavy atom. The standard InChI is InChI=1S/C13H17N/c1-13(2,3)12-5-4-11-9-14-7-6-10(11)8-12/h4-5,7-8H,6,9H2,1-3H3. The van der Waals surface area contributed by atoms with Gasteiger partial charge in [0.2, 0.25) is 0 Å². The Labute approximate surface area is 85.9 Å². The fourth-order valence-electron chi connectivity index (χ4n) is 1.76. The SMILES string of the molecule is CC(C)(C)c1ccc2c(c1)CC=NC2. The van der Waals surface area contributed by atoms with E-state index < -0.39 is 0 Å². The first-order chi connectivity index (χ1) is 6.57. The molecule has 0 atom stereocenters. The number of fused-ring (bicyclic) bond motifs is 1. The van der Waals surface area contributed by atoms with Crippen LogP contribution in [-0.4, -0.2) is 6.21 Å². The summed E-state index contributed by atoms with van der Waals surface area (Å²) in [5, 5.41) is 0. The Morgan fingerprint density at radius 1 is 1.14 bits per heavy atom. The number of rotatable bonds is 0. The maximum atomic E-state index is 4.29. The zero-order valence-corrected chi connectivity index (χ0v) is 9.17. The highest BCUT2D eigenvalue weighted by Crippen LogP contribution is 2.25. The van der Waals surface area contributed by atoms with E-state index in [9.17, 15) is 0 Å². The van der Waals surface area contributed by atoms with Crippen molar-refractivity contribution in [2.24, 2.45) is 4.99 Å². The van der Waals surface area contributed by atoms with Gasteiger partial charge >= 0.3 is 0 Å². The van der Waals surface area contributed by atoms with Gasteiger partial charge in [0.1, 0.15) is 0 Å².